The molecule has 0 atom stereocenters. The topological polar surface area (TPSA) is 32.3 Å². The number of halogens is 2. The Kier molecular flexibility index (Phi) is 4.00. The third-order valence-corrected chi connectivity index (χ3v) is 3.17. The Labute approximate surface area is 116 Å². The molecule has 2 N–H and O–H groups in total. The first kappa shape index (κ1) is 13.1. The molecule has 0 unspecified atom stereocenters. The number of anilines is 1. The summed E-state index contributed by atoms with van der Waals surface area (Å²) >= 11 is 11.7. The van der Waals surface area contributed by atoms with Crippen LogP contribution in [0.3, 0.4) is 0 Å². The zero-order valence-electron chi connectivity index (χ0n) is 9.87. The number of hydrogen-bond donors (Lipinski definition) is 2. The van der Waals surface area contributed by atoms with Gasteiger partial charge < -0.3 is 10.4 Å². The van der Waals surface area contributed by atoms with Gasteiger partial charge in [-0.2, -0.15) is 0 Å². The zero-order valence-corrected chi connectivity index (χ0v) is 11.4. The zero-order chi connectivity index (χ0) is 13.1. The van der Waals surface area contributed by atoms with Crippen molar-refractivity contribution in [2.75, 3.05) is 5.32 Å². The highest BCUT2D eigenvalue weighted by molar-refractivity contribution is 6.37. The molecule has 0 spiro atoms. The van der Waals surface area contributed by atoms with Crippen molar-refractivity contribution in [3.8, 4) is 5.75 Å². The summed E-state index contributed by atoms with van der Waals surface area (Å²) in [5.74, 6) is -0.0716. The number of phenolic OH excluding ortho intramolecular Hbond substituents is 1. The summed E-state index contributed by atoms with van der Waals surface area (Å²) in [7, 11) is 0. The lowest BCUT2D eigenvalue weighted by atomic mass is 10.2. The molecule has 0 aliphatic heterocycles. The van der Waals surface area contributed by atoms with Crippen LogP contribution in [0.4, 0.5) is 5.69 Å². The van der Waals surface area contributed by atoms with Crippen LogP contribution in [0.1, 0.15) is 11.1 Å². The van der Waals surface area contributed by atoms with Gasteiger partial charge in [0.1, 0.15) is 0 Å². The third-order valence-electron chi connectivity index (χ3n) is 2.59. The Hall–Kier alpha value is -1.38. The van der Waals surface area contributed by atoms with Crippen LogP contribution in [0, 0.1) is 6.92 Å². The van der Waals surface area contributed by atoms with E-state index in [1.54, 1.807) is 12.1 Å². The molecule has 2 aromatic carbocycles. The smallest absolute Gasteiger partial charge is 0.152 e. The number of aryl methyl sites for hydroxylation is 1. The van der Waals surface area contributed by atoms with Crippen molar-refractivity contribution in [3.05, 3.63) is 57.6 Å². The molecule has 0 aliphatic carbocycles. The number of aromatic hydroxyl groups is 1. The van der Waals surface area contributed by atoms with Crippen molar-refractivity contribution in [2.24, 2.45) is 0 Å². The molecule has 4 heteroatoms. The molecule has 0 amide bonds. The Morgan fingerprint density at radius 3 is 2.39 bits per heavy atom. The maximum atomic E-state index is 9.47. The van der Waals surface area contributed by atoms with E-state index < -0.39 is 0 Å². The SMILES string of the molecule is Cc1cccc(NCc2cc(Cl)c(O)c(Cl)c2)c1. The van der Waals surface area contributed by atoms with Crippen LogP contribution in [0.2, 0.25) is 10.0 Å². The molecule has 0 saturated heterocycles. The number of phenols is 1. The van der Waals surface area contributed by atoms with Crippen LogP contribution in [0.25, 0.3) is 0 Å². The average Bonchev–Trinajstić information content (AvgIpc) is 2.33. The third kappa shape index (κ3) is 3.09. The second-order valence-corrected chi connectivity index (χ2v) is 4.95. The predicted molar refractivity (Wildman–Crippen MR) is 76.6 cm³/mol. The van der Waals surface area contributed by atoms with Crippen molar-refractivity contribution in [3.63, 3.8) is 0 Å². The van der Waals surface area contributed by atoms with Gasteiger partial charge in [0.25, 0.3) is 0 Å². The van der Waals surface area contributed by atoms with Crippen LogP contribution in [-0.2, 0) is 6.54 Å². The molecular weight excluding hydrogens is 269 g/mol. The molecular formula is C14H13Cl2NO. The summed E-state index contributed by atoms with van der Waals surface area (Å²) in [4.78, 5) is 0. The molecule has 0 bridgehead atoms. The minimum atomic E-state index is -0.0716. The van der Waals surface area contributed by atoms with Crippen molar-refractivity contribution >= 4 is 28.9 Å². The van der Waals surface area contributed by atoms with Gasteiger partial charge in [0.05, 0.1) is 10.0 Å². The number of hydrogen-bond acceptors (Lipinski definition) is 2. The van der Waals surface area contributed by atoms with E-state index in [9.17, 15) is 5.11 Å². The summed E-state index contributed by atoms with van der Waals surface area (Å²) < 4.78 is 0. The van der Waals surface area contributed by atoms with Crippen molar-refractivity contribution < 1.29 is 5.11 Å². The number of benzene rings is 2. The molecule has 0 radical (unpaired) electrons. The van der Waals surface area contributed by atoms with Crippen molar-refractivity contribution in [1.29, 1.82) is 0 Å². The van der Waals surface area contributed by atoms with Crippen LogP contribution < -0.4 is 5.32 Å². The van der Waals surface area contributed by atoms with Gasteiger partial charge in [0, 0.05) is 12.2 Å². The Bertz CT molecular complexity index is 546. The number of nitrogens with one attached hydrogen (secondary N) is 1. The van der Waals surface area contributed by atoms with Gasteiger partial charge in [0.15, 0.2) is 5.75 Å². The van der Waals surface area contributed by atoms with E-state index in [2.05, 4.69) is 11.4 Å². The monoisotopic (exact) mass is 281 g/mol. The molecule has 0 aliphatic rings. The minimum absolute atomic E-state index is 0.0716. The summed E-state index contributed by atoms with van der Waals surface area (Å²) in [6.07, 6.45) is 0. The molecule has 2 nitrogen and oxygen atoms in total. The minimum Gasteiger partial charge on any atom is -0.505 e. The van der Waals surface area contributed by atoms with E-state index in [-0.39, 0.29) is 15.8 Å². The highest BCUT2D eigenvalue weighted by Crippen LogP contribution is 2.32. The summed E-state index contributed by atoms with van der Waals surface area (Å²) in [5, 5.41) is 13.3. The second-order valence-electron chi connectivity index (χ2n) is 4.13. The molecule has 2 aromatic rings. The Balaban J connectivity index is 2.11. The molecule has 18 heavy (non-hydrogen) atoms. The van der Waals surface area contributed by atoms with Gasteiger partial charge in [0.2, 0.25) is 0 Å². The highest BCUT2D eigenvalue weighted by atomic mass is 35.5. The van der Waals surface area contributed by atoms with E-state index >= 15 is 0 Å². The van der Waals surface area contributed by atoms with Gasteiger partial charge in [-0.05, 0) is 42.3 Å². The van der Waals surface area contributed by atoms with Crippen LogP contribution >= 0.6 is 23.2 Å². The molecule has 2 rings (SSSR count). The van der Waals surface area contributed by atoms with Gasteiger partial charge in [-0.15, -0.1) is 0 Å². The second kappa shape index (κ2) is 5.51. The fraction of sp³-hybridized carbons (Fsp3) is 0.143. The molecule has 94 valence electrons. The maximum absolute atomic E-state index is 9.47. The number of rotatable bonds is 3. The van der Waals surface area contributed by atoms with Gasteiger partial charge in [-0.25, -0.2) is 0 Å². The first-order chi connectivity index (χ1) is 8.56. The summed E-state index contributed by atoms with van der Waals surface area (Å²) in [6, 6.07) is 11.5. The van der Waals surface area contributed by atoms with E-state index in [0.29, 0.717) is 6.54 Å². The molecule has 0 fully saturated rings. The Morgan fingerprint density at radius 1 is 1.11 bits per heavy atom. The largest absolute Gasteiger partial charge is 0.505 e. The van der Waals surface area contributed by atoms with Crippen molar-refractivity contribution in [1.82, 2.24) is 0 Å². The van der Waals surface area contributed by atoms with Gasteiger partial charge in [-0.3, -0.25) is 0 Å². The quantitative estimate of drug-likeness (QED) is 0.861. The predicted octanol–water partition coefficient (Wildman–Crippen LogP) is 4.62. The van der Waals surface area contributed by atoms with E-state index in [1.807, 2.05) is 25.1 Å². The van der Waals surface area contributed by atoms with Crippen molar-refractivity contribution in [2.45, 2.75) is 13.5 Å². The lowest BCUT2D eigenvalue weighted by Gasteiger charge is -2.09. The van der Waals surface area contributed by atoms with E-state index in [0.717, 1.165) is 11.3 Å². The molecule has 0 aromatic heterocycles. The fourth-order valence-corrected chi connectivity index (χ4v) is 2.21. The molecule has 0 saturated carbocycles. The van der Waals surface area contributed by atoms with E-state index in [4.69, 9.17) is 23.2 Å². The van der Waals surface area contributed by atoms with E-state index in [1.165, 1.54) is 5.56 Å². The first-order valence-corrected chi connectivity index (χ1v) is 6.29. The maximum Gasteiger partial charge on any atom is 0.152 e. The first-order valence-electron chi connectivity index (χ1n) is 5.53. The Morgan fingerprint density at radius 2 is 1.78 bits per heavy atom. The van der Waals surface area contributed by atoms with Crippen LogP contribution in [0.15, 0.2) is 36.4 Å². The van der Waals surface area contributed by atoms with Gasteiger partial charge in [-0.1, -0.05) is 35.3 Å². The van der Waals surface area contributed by atoms with Gasteiger partial charge >= 0.3 is 0 Å². The van der Waals surface area contributed by atoms with Crippen LogP contribution in [-0.4, -0.2) is 5.11 Å². The summed E-state index contributed by atoms with van der Waals surface area (Å²) in [5.41, 5.74) is 3.15. The standard InChI is InChI=1S/C14H13Cl2NO/c1-9-3-2-4-11(5-9)17-8-10-6-12(15)14(18)13(16)7-10/h2-7,17-18H,8H2,1H3. The summed E-state index contributed by atoms with van der Waals surface area (Å²) in [6.45, 7) is 2.64. The highest BCUT2D eigenvalue weighted by Gasteiger charge is 2.06. The fourth-order valence-electron chi connectivity index (χ4n) is 1.68. The molecule has 0 heterocycles. The lowest BCUT2D eigenvalue weighted by molar-refractivity contribution is 0.475. The lowest BCUT2D eigenvalue weighted by Crippen LogP contribution is -1.99. The average molecular weight is 282 g/mol. The normalized spacial score (nSPS) is 10.4. The van der Waals surface area contributed by atoms with Crippen LogP contribution in [0.5, 0.6) is 5.75 Å².